The Morgan fingerprint density at radius 1 is 1.35 bits per heavy atom. The van der Waals surface area contributed by atoms with E-state index in [0.717, 1.165) is 36.0 Å². The largest absolute Gasteiger partial charge is 0.370 e. The van der Waals surface area contributed by atoms with Gasteiger partial charge in [-0.3, -0.25) is 4.79 Å². The maximum Gasteiger partial charge on any atom is 0.237 e. The van der Waals surface area contributed by atoms with Gasteiger partial charge in [-0.05, 0) is 27.7 Å². The lowest BCUT2D eigenvalue weighted by atomic mass is 10.2. The van der Waals surface area contributed by atoms with Crippen LogP contribution in [0.3, 0.4) is 0 Å². The number of aryl methyl sites for hydroxylation is 1. The molecule has 112 valence electrons. The predicted octanol–water partition coefficient (Wildman–Crippen LogP) is 1.48. The zero-order chi connectivity index (χ0) is 15.3. The number of hydrogen-bond acceptors (Lipinski definition) is 5. The number of amides is 1. The second-order valence-electron chi connectivity index (χ2n) is 5.01. The van der Waals surface area contributed by atoms with Crippen molar-refractivity contribution in [1.82, 2.24) is 9.97 Å². The number of aromatic nitrogens is 2. The molecule has 0 atom stereocenters. The average Bonchev–Trinajstić information content (AvgIpc) is 2.38. The van der Waals surface area contributed by atoms with Gasteiger partial charge in [-0.15, -0.1) is 0 Å². The molecular formula is C14H25N5O. The maximum atomic E-state index is 11.3. The van der Waals surface area contributed by atoms with Crippen molar-refractivity contribution in [1.29, 1.82) is 0 Å². The van der Waals surface area contributed by atoms with Crippen LogP contribution in [0.15, 0.2) is 0 Å². The zero-order valence-electron chi connectivity index (χ0n) is 13.0. The van der Waals surface area contributed by atoms with Crippen molar-refractivity contribution in [3.8, 4) is 0 Å². The van der Waals surface area contributed by atoms with Crippen LogP contribution < -0.4 is 16.0 Å². The average molecular weight is 279 g/mol. The summed E-state index contributed by atoms with van der Waals surface area (Å²) in [6.45, 7) is 11.0. The lowest BCUT2D eigenvalue weighted by Gasteiger charge is -2.29. The molecule has 1 aromatic heterocycles. The van der Waals surface area contributed by atoms with Crippen molar-refractivity contribution in [3.63, 3.8) is 0 Å². The number of nitrogens with one attached hydrogen (secondary N) is 1. The Morgan fingerprint density at radius 2 is 2.00 bits per heavy atom. The molecule has 1 aromatic rings. The van der Waals surface area contributed by atoms with Crippen molar-refractivity contribution in [2.75, 3.05) is 23.3 Å². The molecule has 6 heteroatoms. The minimum absolute atomic E-state index is 0.135. The number of hydrogen-bond donors (Lipinski definition) is 2. The van der Waals surface area contributed by atoms with Gasteiger partial charge in [0.2, 0.25) is 5.91 Å². The Kier molecular flexibility index (Phi) is 5.73. The number of anilines is 2. The van der Waals surface area contributed by atoms with E-state index in [0.29, 0.717) is 0 Å². The van der Waals surface area contributed by atoms with E-state index in [1.807, 2.05) is 39.5 Å². The number of rotatable bonds is 7. The fourth-order valence-electron chi connectivity index (χ4n) is 2.00. The fraction of sp³-hybridized carbons (Fsp3) is 0.643. The second kappa shape index (κ2) is 7.07. The standard InChI is InChI=1S/C14H25N5O/c1-6-12-17-13(16-7-2)10(5)14(18-12)19(9(3)4)8-11(15)20/h9H,6-8H2,1-5H3,(H2,15,20)(H,16,17,18). The Bertz CT molecular complexity index is 473. The molecule has 0 aliphatic rings. The van der Waals surface area contributed by atoms with Crippen LogP contribution in [-0.2, 0) is 11.2 Å². The fourth-order valence-corrected chi connectivity index (χ4v) is 2.00. The molecule has 0 radical (unpaired) electrons. The first-order chi connectivity index (χ1) is 9.40. The van der Waals surface area contributed by atoms with Gasteiger partial charge in [0.25, 0.3) is 0 Å². The van der Waals surface area contributed by atoms with Crippen LogP contribution in [-0.4, -0.2) is 35.0 Å². The maximum absolute atomic E-state index is 11.3. The number of nitrogens with two attached hydrogens (primary N) is 1. The van der Waals surface area contributed by atoms with Crippen LogP contribution in [0.25, 0.3) is 0 Å². The third-order valence-corrected chi connectivity index (χ3v) is 3.05. The van der Waals surface area contributed by atoms with Crippen LogP contribution in [0, 0.1) is 6.92 Å². The molecule has 0 saturated carbocycles. The first kappa shape index (κ1) is 16.2. The van der Waals surface area contributed by atoms with Gasteiger partial charge >= 0.3 is 0 Å². The highest BCUT2D eigenvalue weighted by molar-refractivity contribution is 5.80. The molecular weight excluding hydrogens is 254 g/mol. The number of carbonyl (C=O) groups excluding carboxylic acids is 1. The van der Waals surface area contributed by atoms with Gasteiger partial charge in [0.1, 0.15) is 17.5 Å². The minimum atomic E-state index is -0.361. The third-order valence-electron chi connectivity index (χ3n) is 3.05. The van der Waals surface area contributed by atoms with E-state index in [9.17, 15) is 4.79 Å². The molecule has 3 N–H and O–H groups in total. The van der Waals surface area contributed by atoms with Gasteiger partial charge in [-0.2, -0.15) is 0 Å². The summed E-state index contributed by atoms with van der Waals surface area (Å²) in [4.78, 5) is 22.3. The molecule has 20 heavy (non-hydrogen) atoms. The number of primary amides is 1. The van der Waals surface area contributed by atoms with E-state index in [1.54, 1.807) is 0 Å². The second-order valence-corrected chi connectivity index (χ2v) is 5.01. The van der Waals surface area contributed by atoms with Crippen molar-refractivity contribution < 1.29 is 4.79 Å². The van der Waals surface area contributed by atoms with Crippen LogP contribution >= 0.6 is 0 Å². The summed E-state index contributed by atoms with van der Waals surface area (Å²) in [6, 6.07) is 0.135. The van der Waals surface area contributed by atoms with Crippen LogP contribution in [0.5, 0.6) is 0 Å². The lowest BCUT2D eigenvalue weighted by molar-refractivity contribution is -0.116. The SMILES string of the molecule is CCNc1nc(CC)nc(N(CC(N)=O)C(C)C)c1C. The Hall–Kier alpha value is -1.85. The van der Waals surface area contributed by atoms with E-state index in [1.165, 1.54) is 0 Å². The van der Waals surface area contributed by atoms with Gasteiger partial charge in [0.05, 0.1) is 6.54 Å². The van der Waals surface area contributed by atoms with Crippen molar-refractivity contribution >= 4 is 17.5 Å². The smallest absolute Gasteiger partial charge is 0.237 e. The monoisotopic (exact) mass is 279 g/mol. The Balaban J connectivity index is 3.31. The molecule has 0 bridgehead atoms. The summed E-state index contributed by atoms with van der Waals surface area (Å²) in [6.07, 6.45) is 0.744. The lowest BCUT2D eigenvalue weighted by Crippen LogP contribution is -2.40. The van der Waals surface area contributed by atoms with Crippen molar-refractivity contribution in [3.05, 3.63) is 11.4 Å². The van der Waals surface area contributed by atoms with Crippen molar-refractivity contribution in [2.24, 2.45) is 5.73 Å². The highest BCUT2D eigenvalue weighted by Gasteiger charge is 2.20. The molecule has 0 spiro atoms. The molecule has 1 amide bonds. The van der Waals surface area contributed by atoms with Crippen LogP contribution in [0.1, 0.15) is 39.1 Å². The molecule has 0 aliphatic heterocycles. The molecule has 0 aliphatic carbocycles. The molecule has 6 nitrogen and oxygen atoms in total. The summed E-state index contributed by atoms with van der Waals surface area (Å²) in [5.74, 6) is 2.00. The van der Waals surface area contributed by atoms with Gasteiger partial charge in [0.15, 0.2) is 0 Å². The summed E-state index contributed by atoms with van der Waals surface area (Å²) in [5.41, 5.74) is 6.29. The topological polar surface area (TPSA) is 84.1 Å². The summed E-state index contributed by atoms with van der Waals surface area (Å²) in [7, 11) is 0. The van der Waals surface area contributed by atoms with Crippen LogP contribution in [0.2, 0.25) is 0 Å². The first-order valence-electron chi connectivity index (χ1n) is 7.06. The van der Waals surface area contributed by atoms with Crippen LogP contribution in [0.4, 0.5) is 11.6 Å². The van der Waals surface area contributed by atoms with Gasteiger partial charge in [-0.1, -0.05) is 6.92 Å². The highest BCUT2D eigenvalue weighted by Crippen LogP contribution is 2.25. The number of nitrogens with zero attached hydrogens (tertiary/aromatic N) is 3. The first-order valence-corrected chi connectivity index (χ1v) is 7.06. The predicted molar refractivity (Wildman–Crippen MR) is 82.0 cm³/mol. The summed E-state index contributed by atoms with van der Waals surface area (Å²) in [5, 5.41) is 3.24. The van der Waals surface area contributed by atoms with Gasteiger partial charge in [0, 0.05) is 24.6 Å². The minimum Gasteiger partial charge on any atom is -0.370 e. The molecule has 0 fully saturated rings. The third kappa shape index (κ3) is 3.82. The van der Waals surface area contributed by atoms with E-state index >= 15 is 0 Å². The Labute approximate surface area is 120 Å². The number of carbonyl (C=O) groups is 1. The van der Waals surface area contributed by atoms with Crippen molar-refractivity contribution in [2.45, 2.75) is 47.1 Å². The quantitative estimate of drug-likeness (QED) is 0.789. The van der Waals surface area contributed by atoms with E-state index in [4.69, 9.17) is 5.73 Å². The summed E-state index contributed by atoms with van der Waals surface area (Å²) >= 11 is 0. The summed E-state index contributed by atoms with van der Waals surface area (Å²) < 4.78 is 0. The van der Waals surface area contributed by atoms with Gasteiger partial charge in [-0.25, -0.2) is 9.97 Å². The van der Waals surface area contributed by atoms with Gasteiger partial charge < -0.3 is 16.0 Å². The molecule has 0 unspecified atom stereocenters. The zero-order valence-corrected chi connectivity index (χ0v) is 13.0. The molecule has 1 rings (SSSR count). The Morgan fingerprint density at radius 3 is 2.45 bits per heavy atom. The highest BCUT2D eigenvalue weighted by atomic mass is 16.1. The molecule has 1 heterocycles. The molecule has 0 aromatic carbocycles. The van der Waals surface area contributed by atoms with E-state index in [2.05, 4.69) is 15.3 Å². The normalized spacial score (nSPS) is 10.7. The van der Waals surface area contributed by atoms with E-state index in [-0.39, 0.29) is 18.5 Å². The molecule has 0 saturated heterocycles. The van der Waals surface area contributed by atoms with E-state index < -0.39 is 0 Å².